The van der Waals surface area contributed by atoms with Crippen molar-refractivity contribution in [1.29, 1.82) is 0 Å². The van der Waals surface area contributed by atoms with Gasteiger partial charge in [-0.3, -0.25) is 9.69 Å². The van der Waals surface area contributed by atoms with Gasteiger partial charge in [0, 0.05) is 38.8 Å². The van der Waals surface area contributed by atoms with Crippen LogP contribution >= 0.6 is 0 Å². The highest BCUT2D eigenvalue weighted by atomic mass is 16.2. The van der Waals surface area contributed by atoms with Crippen LogP contribution in [-0.4, -0.2) is 61.0 Å². The van der Waals surface area contributed by atoms with Crippen LogP contribution in [-0.2, 0) is 4.79 Å². The first kappa shape index (κ1) is 13.4. The Kier molecular flexibility index (Phi) is 4.38. The van der Waals surface area contributed by atoms with E-state index >= 15 is 0 Å². The summed E-state index contributed by atoms with van der Waals surface area (Å²) in [5, 5.41) is 3.35. The lowest BCUT2D eigenvalue weighted by atomic mass is 9.97. The number of hydrogen-bond acceptors (Lipinski definition) is 3. The van der Waals surface area contributed by atoms with Crippen molar-refractivity contribution in [3.05, 3.63) is 0 Å². The smallest absolute Gasteiger partial charge is 0.227 e. The molecule has 0 radical (unpaired) electrons. The van der Waals surface area contributed by atoms with Crippen LogP contribution < -0.4 is 5.32 Å². The molecule has 1 aliphatic carbocycles. The second-order valence-electron chi connectivity index (χ2n) is 6.34. The molecular formula is C15H27N3O. The van der Waals surface area contributed by atoms with E-state index in [1.807, 2.05) is 0 Å². The average Bonchev–Trinajstić information content (AvgIpc) is 3.02. The number of piperidine rings is 1. The third-order valence-corrected chi connectivity index (χ3v) is 5.11. The number of nitrogens with zero attached hydrogens (tertiary/aromatic N) is 2. The van der Waals surface area contributed by atoms with Crippen LogP contribution in [0.25, 0.3) is 0 Å². The number of carbonyl (C=O) groups excluding carboxylic acids is 1. The van der Waals surface area contributed by atoms with E-state index in [0.717, 1.165) is 58.2 Å². The molecule has 2 heterocycles. The fourth-order valence-corrected chi connectivity index (χ4v) is 3.90. The molecule has 1 saturated carbocycles. The summed E-state index contributed by atoms with van der Waals surface area (Å²) in [6.07, 6.45) is 7.78. The first-order chi connectivity index (χ1) is 9.34. The molecule has 0 unspecified atom stereocenters. The van der Waals surface area contributed by atoms with Crippen LogP contribution in [0.3, 0.4) is 0 Å². The molecule has 0 aromatic rings. The minimum atomic E-state index is 0.242. The summed E-state index contributed by atoms with van der Waals surface area (Å²) in [6, 6.07) is 0.814. The molecule has 4 heteroatoms. The van der Waals surface area contributed by atoms with Crippen molar-refractivity contribution in [2.75, 3.05) is 39.3 Å². The molecule has 19 heavy (non-hydrogen) atoms. The van der Waals surface area contributed by atoms with Gasteiger partial charge in [-0.25, -0.2) is 0 Å². The number of amides is 1. The molecule has 3 fully saturated rings. The summed E-state index contributed by atoms with van der Waals surface area (Å²) in [7, 11) is 0. The van der Waals surface area contributed by atoms with E-state index in [1.165, 1.54) is 25.7 Å². The van der Waals surface area contributed by atoms with Gasteiger partial charge in [-0.15, -0.1) is 0 Å². The average molecular weight is 265 g/mol. The van der Waals surface area contributed by atoms with Gasteiger partial charge < -0.3 is 10.2 Å². The third kappa shape index (κ3) is 3.11. The maximum Gasteiger partial charge on any atom is 0.227 e. The van der Waals surface area contributed by atoms with Crippen molar-refractivity contribution in [2.24, 2.45) is 5.92 Å². The van der Waals surface area contributed by atoms with Gasteiger partial charge in [0.05, 0.1) is 5.92 Å². The standard InChI is InChI=1S/C15H27N3O/c19-15(13-4-3-7-16-12-13)18-10-8-17(9-11-18)14-5-1-2-6-14/h13-14,16H,1-12H2/t13-/m0/s1. The SMILES string of the molecule is O=C([C@H]1CCCNC1)N1CCN(C2CCCC2)CC1. The van der Waals surface area contributed by atoms with E-state index < -0.39 is 0 Å². The Hall–Kier alpha value is -0.610. The van der Waals surface area contributed by atoms with Crippen molar-refractivity contribution in [1.82, 2.24) is 15.1 Å². The highest BCUT2D eigenvalue weighted by Crippen LogP contribution is 2.24. The zero-order valence-corrected chi connectivity index (χ0v) is 11.9. The molecule has 3 rings (SSSR count). The Bertz CT molecular complexity index is 301. The van der Waals surface area contributed by atoms with Crippen molar-refractivity contribution < 1.29 is 4.79 Å². The molecule has 1 amide bonds. The molecule has 0 aromatic heterocycles. The van der Waals surface area contributed by atoms with Crippen LogP contribution in [0.15, 0.2) is 0 Å². The van der Waals surface area contributed by atoms with E-state index in [1.54, 1.807) is 0 Å². The molecule has 2 aliphatic heterocycles. The summed E-state index contributed by atoms with van der Waals surface area (Å²) in [4.78, 5) is 17.2. The largest absolute Gasteiger partial charge is 0.340 e. The molecule has 0 bridgehead atoms. The highest BCUT2D eigenvalue weighted by molar-refractivity contribution is 5.79. The molecule has 1 N–H and O–H groups in total. The fraction of sp³-hybridized carbons (Fsp3) is 0.933. The predicted octanol–water partition coefficient (Wildman–Crippen LogP) is 1.07. The van der Waals surface area contributed by atoms with E-state index in [0.29, 0.717) is 5.91 Å². The lowest BCUT2D eigenvalue weighted by Crippen LogP contribution is -2.53. The second-order valence-corrected chi connectivity index (χ2v) is 6.34. The Morgan fingerprint density at radius 2 is 1.68 bits per heavy atom. The molecule has 2 saturated heterocycles. The van der Waals surface area contributed by atoms with E-state index in [9.17, 15) is 4.79 Å². The second kappa shape index (κ2) is 6.23. The third-order valence-electron chi connectivity index (χ3n) is 5.11. The summed E-state index contributed by atoms with van der Waals surface area (Å²) in [5.41, 5.74) is 0. The van der Waals surface area contributed by atoms with Gasteiger partial charge in [0.15, 0.2) is 0 Å². The lowest BCUT2D eigenvalue weighted by molar-refractivity contribution is -0.138. The number of hydrogen-bond donors (Lipinski definition) is 1. The minimum Gasteiger partial charge on any atom is -0.340 e. The Balaban J connectivity index is 1.47. The van der Waals surface area contributed by atoms with Gasteiger partial charge in [0.25, 0.3) is 0 Å². The van der Waals surface area contributed by atoms with Crippen molar-refractivity contribution in [3.8, 4) is 0 Å². The van der Waals surface area contributed by atoms with Crippen molar-refractivity contribution >= 4 is 5.91 Å². The Morgan fingerprint density at radius 1 is 0.947 bits per heavy atom. The van der Waals surface area contributed by atoms with Crippen LogP contribution in [0.1, 0.15) is 38.5 Å². The topological polar surface area (TPSA) is 35.6 Å². The van der Waals surface area contributed by atoms with Gasteiger partial charge in [0.2, 0.25) is 5.91 Å². The summed E-state index contributed by atoms with van der Waals surface area (Å²) in [6.45, 7) is 6.06. The number of rotatable bonds is 2. The van der Waals surface area contributed by atoms with Gasteiger partial charge in [-0.05, 0) is 32.2 Å². The summed E-state index contributed by atoms with van der Waals surface area (Å²) >= 11 is 0. The van der Waals surface area contributed by atoms with Crippen LogP contribution in [0, 0.1) is 5.92 Å². The quantitative estimate of drug-likeness (QED) is 0.811. The highest BCUT2D eigenvalue weighted by Gasteiger charge is 2.31. The monoisotopic (exact) mass is 265 g/mol. The zero-order chi connectivity index (χ0) is 13.1. The predicted molar refractivity (Wildman–Crippen MR) is 76.0 cm³/mol. The first-order valence-corrected chi connectivity index (χ1v) is 8.08. The Labute approximate surface area is 116 Å². The summed E-state index contributed by atoms with van der Waals surface area (Å²) in [5.74, 6) is 0.644. The van der Waals surface area contributed by atoms with Crippen LogP contribution in [0.5, 0.6) is 0 Å². The van der Waals surface area contributed by atoms with Crippen molar-refractivity contribution in [3.63, 3.8) is 0 Å². The van der Waals surface area contributed by atoms with Gasteiger partial charge in [0.1, 0.15) is 0 Å². The number of piperazine rings is 1. The van der Waals surface area contributed by atoms with E-state index in [-0.39, 0.29) is 5.92 Å². The lowest BCUT2D eigenvalue weighted by Gasteiger charge is -2.39. The maximum absolute atomic E-state index is 12.4. The van der Waals surface area contributed by atoms with Gasteiger partial charge in [-0.2, -0.15) is 0 Å². The number of carbonyl (C=O) groups is 1. The zero-order valence-electron chi connectivity index (χ0n) is 11.9. The molecule has 1 atom stereocenters. The summed E-state index contributed by atoms with van der Waals surface area (Å²) < 4.78 is 0. The molecule has 3 aliphatic rings. The molecule has 0 aromatic carbocycles. The van der Waals surface area contributed by atoms with Crippen molar-refractivity contribution in [2.45, 2.75) is 44.6 Å². The fourth-order valence-electron chi connectivity index (χ4n) is 3.90. The first-order valence-electron chi connectivity index (χ1n) is 8.08. The number of nitrogens with one attached hydrogen (secondary N) is 1. The van der Waals surface area contributed by atoms with E-state index in [4.69, 9.17) is 0 Å². The minimum absolute atomic E-state index is 0.242. The van der Waals surface area contributed by atoms with Crippen LogP contribution in [0.4, 0.5) is 0 Å². The van der Waals surface area contributed by atoms with E-state index in [2.05, 4.69) is 15.1 Å². The van der Waals surface area contributed by atoms with Gasteiger partial charge >= 0.3 is 0 Å². The van der Waals surface area contributed by atoms with Gasteiger partial charge in [-0.1, -0.05) is 12.8 Å². The molecule has 108 valence electrons. The normalized spacial score (nSPS) is 30.7. The van der Waals surface area contributed by atoms with Crippen LogP contribution in [0.2, 0.25) is 0 Å². The molecular weight excluding hydrogens is 238 g/mol. The Morgan fingerprint density at radius 3 is 2.32 bits per heavy atom. The molecule has 0 spiro atoms. The molecule has 4 nitrogen and oxygen atoms in total. The maximum atomic E-state index is 12.4.